The number of amidine groups is 1. The molecule has 1 heterocycles. The van der Waals surface area contributed by atoms with E-state index < -0.39 is 17.9 Å². The summed E-state index contributed by atoms with van der Waals surface area (Å²) >= 11 is 0. The second kappa shape index (κ2) is 9.21. The highest BCUT2D eigenvalue weighted by atomic mass is 16.5. The van der Waals surface area contributed by atoms with Crippen LogP contribution in [-0.4, -0.2) is 43.9 Å². The van der Waals surface area contributed by atoms with E-state index in [4.69, 9.17) is 25.4 Å². The van der Waals surface area contributed by atoms with Crippen molar-refractivity contribution >= 4 is 17.7 Å². The zero-order chi connectivity index (χ0) is 22.5. The minimum absolute atomic E-state index is 0.0290. The largest absolute Gasteiger partial charge is 0.497 e. The van der Waals surface area contributed by atoms with E-state index in [9.17, 15) is 9.59 Å². The second-order valence-electron chi connectivity index (χ2n) is 6.86. The van der Waals surface area contributed by atoms with Crippen molar-refractivity contribution in [3.05, 3.63) is 71.1 Å². The fourth-order valence-electron chi connectivity index (χ4n) is 3.35. The van der Waals surface area contributed by atoms with Gasteiger partial charge in [-0.15, -0.1) is 0 Å². The van der Waals surface area contributed by atoms with Crippen molar-refractivity contribution in [1.82, 2.24) is 10.2 Å². The van der Waals surface area contributed by atoms with Crippen LogP contribution in [0, 0.1) is 5.41 Å². The summed E-state index contributed by atoms with van der Waals surface area (Å²) in [5.74, 6) is -0.0524. The van der Waals surface area contributed by atoms with E-state index in [1.165, 1.54) is 21.3 Å². The monoisotopic (exact) mass is 424 g/mol. The van der Waals surface area contributed by atoms with Gasteiger partial charge in [-0.1, -0.05) is 18.2 Å². The summed E-state index contributed by atoms with van der Waals surface area (Å²) in [7, 11) is 4.30. The van der Waals surface area contributed by atoms with Gasteiger partial charge in [0.2, 0.25) is 0 Å². The van der Waals surface area contributed by atoms with Gasteiger partial charge in [-0.3, -0.25) is 10.2 Å². The zero-order valence-corrected chi connectivity index (χ0v) is 17.5. The minimum atomic E-state index is -0.765. The number of nitrogens with one attached hydrogen (secondary N) is 2. The van der Waals surface area contributed by atoms with E-state index in [-0.39, 0.29) is 18.1 Å². The number of carbonyl (C=O) groups is 2. The van der Waals surface area contributed by atoms with E-state index >= 15 is 0 Å². The van der Waals surface area contributed by atoms with E-state index in [1.807, 2.05) is 6.07 Å². The lowest BCUT2D eigenvalue weighted by atomic mass is 10.0. The molecule has 1 aliphatic heterocycles. The highest BCUT2D eigenvalue weighted by molar-refractivity contribution is 5.97. The van der Waals surface area contributed by atoms with Gasteiger partial charge < -0.3 is 30.2 Å². The molecule has 0 spiro atoms. The number of methoxy groups -OCH3 is 3. The Morgan fingerprint density at radius 3 is 2.39 bits per heavy atom. The van der Waals surface area contributed by atoms with Crippen LogP contribution in [0.5, 0.6) is 11.5 Å². The van der Waals surface area contributed by atoms with Crippen molar-refractivity contribution < 1.29 is 23.8 Å². The second-order valence-corrected chi connectivity index (χ2v) is 6.86. The Hall–Kier alpha value is -4.01. The van der Waals surface area contributed by atoms with Crippen LogP contribution in [0.4, 0.5) is 0 Å². The van der Waals surface area contributed by atoms with E-state index in [0.29, 0.717) is 22.6 Å². The molecule has 2 aromatic carbocycles. The molecule has 4 N–H and O–H groups in total. The maximum atomic E-state index is 13.1. The first-order valence-corrected chi connectivity index (χ1v) is 9.39. The van der Waals surface area contributed by atoms with Gasteiger partial charge in [-0.05, 0) is 29.3 Å². The summed E-state index contributed by atoms with van der Waals surface area (Å²) in [6.07, 6.45) is 1.55. The van der Waals surface area contributed by atoms with Gasteiger partial charge in [0.1, 0.15) is 29.1 Å². The quantitative estimate of drug-likeness (QED) is 0.351. The topological polar surface area (TPSA) is 127 Å². The maximum absolute atomic E-state index is 13.1. The lowest BCUT2D eigenvalue weighted by Crippen LogP contribution is -2.44. The van der Waals surface area contributed by atoms with Gasteiger partial charge in [-0.2, -0.15) is 0 Å². The Balaban J connectivity index is 2.07. The van der Waals surface area contributed by atoms with E-state index in [2.05, 4.69) is 5.32 Å². The molecular weight excluding hydrogens is 400 g/mol. The number of esters is 1. The van der Waals surface area contributed by atoms with Crippen LogP contribution in [0.15, 0.2) is 54.4 Å². The van der Waals surface area contributed by atoms with Crippen molar-refractivity contribution in [2.75, 3.05) is 21.3 Å². The molecule has 31 heavy (non-hydrogen) atoms. The third-order valence-corrected chi connectivity index (χ3v) is 4.83. The molecule has 1 unspecified atom stereocenters. The molecule has 0 aromatic heterocycles. The van der Waals surface area contributed by atoms with Crippen LogP contribution in [0.2, 0.25) is 0 Å². The van der Waals surface area contributed by atoms with Crippen molar-refractivity contribution in [2.45, 2.75) is 12.6 Å². The smallest absolute Gasteiger partial charge is 0.356 e. The first kappa shape index (κ1) is 21.7. The lowest BCUT2D eigenvalue weighted by molar-refractivity contribution is -0.139. The third kappa shape index (κ3) is 4.77. The number of benzene rings is 2. The minimum Gasteiger partial charge on any atom is -0.497 e. The molecule has 2 aromatic rings. The van der Waals surface area contributed by atoms with Gasteiger partial charge in [0, 0.05) is 24.4 Å². The van der Waals surface area contributed by atoms with Crippen LogP contribution < -0.4 is 20.5 Å². The van der Waals surface area contributed by atoms with Crippen LogP contribution in [0.3, 0.4) is 0 Å². The summed E-state index contributed by atoms with van der Waals surface area (Å²) in [6.45, 7) is 0.277. The molecule has 0 fully saturated rings. The number of nitrogen functional groups attached to an aromatic ring is 1. The van der Waals surface area contributed by atoms with Crippen molar-refractivity contribution in [2.24, 2.45) is 5.73 Å². The van der Waals surface area contributed by atoms with Gasteiger partial charge in [-0.25, -0.2) is 4.79 Å². The summed E-state index contributed by atoms with van der Waals surface area (Å²) in [6, 6.07) is 11.6. The first-order valence-electron chi connectivity index (χ1n) is 9.39. The number of rotatable bonds is 7. The highest BCUT2D eigenvalue weighted by Gasteiger charge is 2.34. The Bertz CT molecular complexity index is 1030. The molecule has 9 nitrogen and oxygen atoms in total. The Morgan fingerprint density at radius 1 is 1.13 bits per heavy atom. The fraction of sp³-hybridized carbons (Fsp3) is 0.227. The SMILES string of the molecule is COC(=O)C1=CN(Cc2cccc(C(=N)N)c2)C(c2cc(OC)cc(OC)c2)C(=O)N1. The number of hydrogen-bond donors (Lipinski definition) is 3. The van der Waals surface area contributed by atoms with Crippen LogP contribution in [0.25, 0.3) is 0 Å². The van der Waals surface area contributed by atoms with Crippen LogP contribution in [0.1, 0.15) is 22.7 Å². The molecular formula is C22H24N4O5. The number of nitrogens with two attached hydrogens (primary N) is 1. The van der Waals surface area contributed by atoms with Crippen LogP contribution in [-0.2, 0) is 20.9 Å². The number of amides is 1. The molecule has 3 rings (SSSR count). The highest BCUT2D eigenvalue weighted by Crippen LogP contribution is 2.33. The number of nitrogens with zero attached hydrogens (tertiary/aromatic N) is 1. The molecule has 0 bridgehead atoms. The lowest BCUT2D eigenvalue weighted by Gasteiger charge is -2.34. The Morgan fingerprint density at radius 2 is 1.81 bits per heavy atom. The van der Waals surface area contributed by atoms with Gasteiger partial charge in [0.05, 0.1) is 21.3 Å². The van der Waals surface area contributed by atoms with E-state index in [0.717, 1.165) is 5.56 Å². The average molecular weight is 424 g/mol. The number of carbonyl (C=O) groups excluding carboxylic acids is 2. The number of ether oxygens (including phenoxy) is 3. The normalized spacial score (nSPS) is 15.6. The maximum Gasteiger partial charge on any atom is 0.356 e. The number of hydrogen-bond acceptors (Lipinski definition) is 7. The van der Waals surface area contributed by atoms with Crippen molar-refractivity contribution in [1.29, 1.82) is 5.41 Å². The average Bonchev–Trinajstić information content (AvgIpc) is 2.77. The van der Waals surface area contributed by atoms with E-state index in [1.54, 1.807) is 47.5 Å². The molecule has 1 aliphatic rings. The molecule has 0 saturated carbocycles. The predicted octanol–water partition coefficient (Wildman–Crippen LogP) is 1.68. The third-order valence-electron chi connectivity index (χ3n) is 4.83. The van der Waals surface area contributed by atoms with Crippen LogP contribution >= 0.6 is 0 Å². The zero-order valence-electron chi connectivity index (χ0n) is 17.5. The van der Waals surface area contributed by atoms with Gasteiger partial charge in [0.25, 0.3) is 5.91 Å². The van der Waals surface area contributed by atoms with Crippen molar-refractivity contribution in [3.63, 3.8) is 0 Å². The first-order chi connectivity index (χ1) is 14.9. The molecule has 162 valence electrons. The standard InChI is InChI=1S/C22H24N4O5/c1-29-16-8-15(9-17(10-16)30-2)19-21(27)25-18(22(28)31-3)12-26(19)11-13-5-4-6-14(7-13)20(23)24/h4-10,12,19H,11H2,1-3H3,(H3,23,24)(H,25,27). The Kier molecular flexibility index (Phi) is 6.44. The summed E-state index contributed by atoms with van der Waals surface area (Å²) < 4.78 is 15.4. The predicted molar refractivity (Wildman–Crippen MR) is 114 cm³/mol. The molecule has 0 saturated heterocycles. The fourth-order valence-corrected chi connectivity index (χ4v) is 3.35. The summed E-state index contributed by atoms with van der Waals surface area (Å²) in [5.41, 5.74) is 7.63. The molecule has 1 amide bonds. The van der Waals surface area contributed by atoms with Gasteiger partial charge in [0.15, 0.2) is 0 Å². The molecule has 0 aliphatic carbocycles. The molecule has 1 atom stereocenters. The Labute approximate surface area is 179 Å². The van der Waals surface area contributed by atoms with Gasteiger partial charge >= 0.3 is 5.97 Å². The molecule has 0 radical (unpaired) electrons. The summed E-state index contributed by atoms with van der Waals surface area (Å²) in [4.78, 5) is 26.9. The van der Waals surface area contributed by atoms with Crippen molar-refractivity contribution in [3.8, 4) is 11.5 Å². The summed E-state index contributed by atoms with van der Waals surface area (Å²) in [5, 5.41) is 10.3. The molecule has 9 heteroatoms.